The maximum Gasteiger partial charge on any atom is 0.220 e. The smallest absolute Gasteiger partial charge is 0.220 e. The predicted octanol–water partition coefficient (Wildman–Crippen LogP) is 9.30. The summed E-state index contributed by atoms with van der Waals surface area (Å²) in [5.41, 5.74) is 10.2. The van der Waals surface area contributed by atoms with Gasteiger partial charge >= 0.3 is 0 Å². The summed E-state index contributed by atoms with van der Waals surface area (Å²) >= 11 is 0. The molecule has 0 fully saturated rings. The van der Waals surface area contributed by atoms with Crippen molar-refractivity contribution in [2.75, 3.05) is 4.90 Å². The number of aromatic nitrogens is 2. The Hall–Kier alpha value is -5.15. The molecular weight excluding hydrogens is 462 g/mol. The van der Waals surface area contributed by atoms with E-state index in [4.69, 9.17) is 4.98 Å². The molecule has 3 nitrogen and oxygen atoms in total. The third kappa shape index (κ3) is 3.06. The van der Waals surface area contributed by atoms with Gasteiger partial charge in [0.15, 0.2) is 0 Å². The molecular formula is C35H23N3. The molecule has 1 aliphatic heterocycles. The van der Waals surface area contributed by atoms with E-state index in [1.54, 1.807) is 0 Å². The summed E-state index contributed by atoms with van der Waals surface area (Å²) in [5, 5.41) is 2.40. The van der Waals surface area contributed by atoms with Gasteiger partial charge in [0.2, 0.25) is 5.95 Å². The summed E-state index contributed by atoms with van der Waals surface area (Å²) in [6.07, 6.45) is 0. The Bertz CT molecular complexity index is 1980. The fourth-order valence-electron chi connectivity index (χ4n) is 5.81. The highest BCUT2D eigenvalue weighted by atomic mass is 15.3. The molecule has 0 radical (unpaired) electrons. The number of para-hydroxylation sites is 2. The van der Waals surface area contributed by atoms with Crippen LogP contribution in [0.3, 0.4) is 0 Å². The number of fused-ring (bicyclic) bond motifs is 9. The van der Waals surface area contributed by atoms with E-state index in [1.807, 2.05) is 0 Å². The molecule has 0 atom stereocenters. The molecule has 0 bridgehead atoms. The Balaban J connectivity index is 1.50. The zero-order chi connectivity index (χ0) is 25.1. The Kier molecular flexibility index (Phi) is 4.52. The van der Waals surface area contributed by atoms with Crippen molar-refractivity contribution in [3.05, 3.63) is 140 Å². The molecule has 38 heavy (non-hydrogen) atoms. The summed E-state index contributed by atoms with van der Waals surface area (Å²) in [6.45, 7) is 0. The van der Waals surface area contributed by atoms with Crippen molar-refractivity contribution in [1.29, 1.82) is 0 Å². The Morgan fingerprint density at radius 3 is 2.05 bits per heavy atom. The molecule has 6 aromatic carbocycles. The fraction of sp³-hybridized carbons (Fsp3) is 0. The van der Waals surface area contributed by atoms with Gasteiger partial charge in [-0.2, -0.15) is 0 Å². The van der Waals surface area contributed by atoms with Crippen molar-refractivity contribution >= 4 is 39.1 Å². The average Bonchev–Trinajstić information content (AvgIpc) is 3.32. The van der Waals surface area contributed by atoms with Crippen LogP contribution in [0.1, 0.15) is 0 Å². The summed E-state index contributed by atoms with van der Waals surface area (Å²) < 4.78 is 2.35. The van der Waals surface area contributed by atoms with Gasteiger partial charge in [-0.1, -0.05) is 109 Å². The van der Waals surface area contributed by atoms with E-state index in [0.717, 1.165) is 34.0 Å². The van der Waals surface area contributed by atoms with Crippen LogP contribution in [0.4, 0.5) is 17.3 Å². The van der Waals surface area contributed by atoms with Gasteiger partial charge in [-0.15, -0.1) is 0 Å². The number of hydrogen-bond donors (Lipinski definition) is 0. The lowest BCUT2D eigenvalue weighted by atomic mass is 10.0. The maximum atomic E-state index is 5.31. The van der Waals surface area contributed by atoms with Gasteiger partial charge in [0, 0.05) is 22.2 Å². The first-order chi connectivity index (χ1) is 18.9. The highest BCUT2D eigenvalue weighted by Gasteiger charge is 2.29. The molecule has 1 aliphatic rings. The van der Waals surface area contributed by atoms with Gasteiger partial charge in [-0.25, -0.2) is 4.98 Å². The number of rotatable bonds is 2. The molecule has 3 heteroatoms. The highest BCUT2D eigenvalue weighted by molar-refractivity contribution is 6.08. The molecule has 2 heterocycles. The third-order valence-electron chi connectivity index (χ3n) is 7.51. The van der Waals surface area contributed by atoms with Crippen LogP contribution >= 0.6 is 0 Å². The molecule has 8 rings (SSSR count). The van der Waals surface area contributed by atoms with E-state index in [1.165, 1.54) is 33.0 Å². The van der Waals surface area contributed by atoms with Crippen LogP contribution in [0.25, 0.3) is 49.7 Å². The zero-order valence-electron chi connectivity index (χ0n) is 20.6. The first-order valence-corrected chi connectivity index (χ1v) is 12.9. The number of hydrogen-bond acceptors (Lipinski definition) is 2. The van der Waals surface area contributed by atoms with E-state index < -0.39 is 0 Å². The van der Waals surface area contributed by atoms with E-state index in [2.05, 4.69) is 149 Å². The van der Waals surface area contributed by atoms with Crippen LogP contribution < -0.4 is 4.90 Å². The van der Waals surface area contributed by atoms with Crippen molar-refractivity contribution in [2.45, 2.75) is 0 Å². The second-order valence-electron chi connectivity index (χ2n) is 9.69. The summed E-state index contributed by atoms with van der Waals surface area (Å²) in [6, 6.07) is 49.5. The lowest BCUT2D eigenvalue weighted by Crippen LogP contribution is -2.14. The van der Waals surface area contributed by atoms with E-state index in [-0.39, 0.29) is 0 Å². The molecule has 0 spiro atoms. The van der Waals surface area contributed by atoms with Gasteiger partial charge in [0.25, 0.3) is 0 Å². The molecule has 0 amide bonds. The van der Waals surface area contributed by atoms with Crippen LogP contribution in [-0.2, 0) is 0 Å². The highest BCUT2D eigenvalue weighted by Crippen LogP contribution is 2.48. The van der Waals surface area contributed by atoms with Crippen molar-refractivity contribution < 1.29 is 0 Å². The fourth-order valence-corrected chi connectivity index (χ4v) is 5.81. The first-order valence-electron chi connectivity index (χ1n) is 12.9. The predicted molar refractivity (Wildman–Crippen MR) is 158 cm³/mol. The lowest BCUT2D eigenvalue weighted by Gasteiger charge is -2.25. The van der Waals surface area contributed by atoms with E-state index >= 15 is 0 Å². The molecule has 0 aliphatic carbocycles. The van der Waals surface area contributed by atoms with Crippen LogP contribution in [0.5, 0.6) is 0 Å². The van der Waals surface area contributed by atoms with Crippen molar-refractivity contribution in [1.82, 2.24) is 9.55 Å². The number of nitrogens with zero attached hydrogens (tertiary/aromatic N) is 3. The van der Waals surface area contributed by atoms with Crippen molar-refractivity contribution in [3.8, 4) is 27.9 Å². The molecule has 0 saturated carbocycles. The van der Waals surface area contributed by atoms with E-state index in [9.17, 15) is 0 Å². The normalized spacial score (nSPS) is 12.2. The molecule has 0 N–H and O–H groups in total. The quantitative estimate of drug-likeness (QED) is 0.243. The Morgan fingerprint density at radius 1 is 0.500 bits per heavy atom. The maximum absolute atomic E-state index is 5.31. The second kappa shape index (κ2) is 8.19. The second-order valence-corrected chi connectivity index (χ2v) is 9.69. The number of benzene rings is 6. The minimum atomic E-state index is 0.888. The van der Waals surface area contributed by atoms with Gasteiger partial charge in [-0.05, 0) is 46.8 Å². The average molecular weight is 486 g/mol. The topological polar surface area (TPSA) is 21.1 Å². The van der Waals surface area contributed by atoms with Gasteiger partial charge in [0.05, 0.1) is 22.4 Å². The SMILES string of the molecule is c1ccc(-c2cccc(N3c4ccccc4-c4ccccc4-n4c3nc3ccc5ccccc5c34)c2)cc1. The standard InChI is InChI=1S/C35H23N3/c1-2-11-24(12-3-1)26-14-10-15-27(23-26)37-32-19-8-6-17-29(32)30-18-7-9-20-33(30)38-34-28-16-5-4-13-25(28)21-22-31(34)36-35(37)38/h1-23H. The lowest BCUT2D eigenvalue weighted by molar-refractivity contribution is 1.05. The Morgan fingerprint density at radius 2 is 1.18 bits per heavy atom. The largest absolute Gasteiger partial charge is 0.280 e. The van der Waals surface area contributed by atoms with Crippen LogP contribution in [0, 0.1) is 0 Å². The van der Waals surface area contributed by atoms with Gasteiger partial charge < -0.3 is 0 Å². The number of imidazole rings is 1. The zero-order valence-corrected chi connectivity index (χ0v) is 20.6. The van der Waals surface area contributed by atoms with Crippen molar-refractivity contribution in [2.24, 2.45) is 0 Å². The summed E-state index contributed by atoms with van der Waals surface area (Å²) in [4.78, 5) is 7.63. The minimum absolute atomic E-state index is 0.888. The minimum Gasteiger partial charge on any atom is -0.280 e. The molecule has 1 aromatic heterocycles. The van der Waals surface area contributed by atoms with Gasteiger partial charge in [0.1, 0.15) is 0 Å². The van der Waals surface area contributed by atoms with Crippen LogP contribution in [0.2, 0.25) is 0 Å². The third-order valence-corrected chi connectivity index (χ3v) is 7.51. The van der Waals surface area contributed by atoms with Crippen LogP contribution in [-0.4, -0.2) is 9.55 Å². The van der Waals surface area contributed by atoms with Gasteiger partial charge in [-0.3, -0.25) is 9.47 Å². The molecule has 178 valence electrons. The van der Waals surface area contributed by atoms with Crippen molar-refractivity contribution in [3.63, 3.8) is 0 Å². The van der Waals surface area contributed by atoms with Crippen LogP contribution in [0.15, 0.2) is 140 Å². The first kappa shape index (κ1) is 21.0. The molecule has 0 unspecified atom stereocenters. The summed E-state index contributed by atoms with van der Waals surface area (Å²) in [5.74, 6) is 0.888. The number of anilines is 3. The summed E-state index contributed by atoms with van der Waals surface area (Å²) in [7, 11) is 0. The van der Waals surface area contributed by atoms with E-state index in [0.29, 0.717) is 0 Å². The Labute approximate surface area is 220 Å². The molecule has 0 saturated heterocycles. The monoisotopic (exact) mass is 485 g/mol. The molecule has 7 aromatic rings.